The molecule has 0 amide bonds. The molecule has 0 bridgehead atoms. The molecule has 0 radical (unpaired) electrons. The molecule has 2 heteroatoms. The Morgan fingerprint density at radius 3 is 2.63 bits per heavy atom. The van der Waals surface area contributed by atoms with E-state index in [1.54, 1.807) is 0 Å². The van der Waals surface area contributed by atoms with Crippen LogP contribution in [0.3, 0.4) is 0 Å². The third-order valence-corrected chi connectivity index (χ3v) is 4.59. The van der Waals surface area contributed by atoms with Gasteiger partial charge in [-0.2, -0.15) is 0 Å². The van der Waals surface area contributed by atoms with Crippen LogP contribution in [0.4, 0.5) is 0 Å². The van der Waals surface area contributed by atoms with Crippen LogP contribution in [0.1, 0.15) is 50.3 Å². The molecule has 1 aromatic rings. The minimum Gasteiger partial charge on any atom is -0.386 e. The fourth-order valence-corrected chi connectivity index (χ4v) is 2.93. The fraction of sp³-hybridized carbons (Fsp3) is 0.647. The molecule has 1 aromatic carbocycles. The Labute approximate surface area is 116 Å². The Morgan fingerprint density at radius 2 is 1.95 bits per heavy atom. The first-order valence-corrected chi connectivity index (χ1v) is 7.43. The lowest BCUT2D eigenvalue weighted by Gasteiger charge is -2.32. The molecular weight excluding hydrogens is 236 g/mol. The van der Waals surface area contributed by atoms with Crippen LogP contribution < -0.4 is 0 Å². The van der Waals surface area contributed by atoms with E-state index >= 15 is 0 Å². The summed E-state index contributed by atoms with van der Waals surface area (Å²) in [5.41, 5.74) is 2.11. The summed E-state index contributed by atoms with van der Waals surface area (Å²) in [4.78, 5) is 0. The molecule has 0 heterocycles. The van der Waals surface area contributed by atoms with Gasteiger partial charge in [-0.3, -0.25) is 0 Å². The molecule has 1 saturated carbocycles. The standard InChI is InChI=1S/C17H26O2/c1-12-8-9-15(10-14(12)3)19-11-17(18)16-7-5-4-6-13(16)2/h4-7,12,14-15,17-18H,8-11H2,1-3H3. The highest BCUT2D eigenvalue weighted by molar-refractivity contribution is 5.27. The van der Waals surface area contributed by atoms with E-state index in [2.05, 4.69) is 13.8 Å². The minimum absolute atomic E-state index is 0.324. The topological polar surface area (TPSA) is 29.5 Å². The smallest absolute Gasteiger partial charge is 0.103 e. The van der Waals surface area contributed by atoms with Crippen LogP contribution in [0.25, 0.3) is 0 Å². The summed E-state index contributed by atoms with van der Waals surface area (Å²) in [5.74, 6) is 1.54. The third-order valence-electron chi connectivity index (χ3n) is 4.59. The van der Waals surface area contributed by atoms with Gasteiger partial charge in [-0.05, 0) is 49.1 Å². The van der Waals surface area contributed by atoms with E-state index in [0.717, 1.165) is 35.8 Å². The molecule has 1 aliphatic rings. The van der Waals surface area contributed by atoms with Gasteiger partial charge in [0.2, 0.25) is 0 Å². The van der Waals surface area contributed by atoms with E-state index in [9.17, 15) is 5.11 Å². The van der Waals surface area contributed by atoms with Crippen molar-refractivity contribution in [3.8, 4) is 0 Å². The molecule has 106 valence electrons. The molecule has 1 fully saturated rings. The molecule has 2 rings (SSSR count). The quantitative estimate of drug-likeness (QED) is 0.892. The van der Waals surface area contributed by atoms with Crippen molar-refractivity contribution in [2.75, 3.05) is 6.61 Å². The van der Waals surface area contributed by atoms with Crippen molar-refractivity contribution in [3.63, 3.8) is 0 Å². The lowest BCUT2D eigenvalue weighted by atomic mass is 9.80. The average molecular weight is 262 g/mol. The van der Waals surface area contributed by atoms with Crippen molar-refractivity contribution in [2.24, 2.45) is 11.8 Å². The average Bonchev–Trinajstić information content (AvgIpc) is 2.40. The van der Waals surface area contributed by atoms with Gasteiger partial charge < -0.3 is 9.84 Å². The molecule has 2 nitrogen and oxygen atoms in total. The molecule has 4 atom stereocenters. The molecule has 4 unspecified atom stereocenters. The molecule has 0 saturated heterocycles. The van der Waals surface area contributed by atoms with Crippen LogP contribution in [0.15, 0.2) is 24.3 Å². The zero-order valence-electron chi connectivity index (χ0n) is 12.3. The Kier molecular flexibility index (Phi) is 5.00. The van der Waals surface area contributed by atoms with Crippen molar-refractivity contribution >= 4 is 0 Å². The Bertz CT molecular complexity index is 402. The van der Waals surface area contributed by atoms with Crippen molar-refractivity contribution in [3.05, 3.63) is 35.4 Å². The molecule has 19 heavy (non-hydrogen) atoms. The molecular formula is C17H26O2. The first-order chi connectivity index (χ1) is 9.08. The van der Waals surface area contributed by atoms with E-state index in [-0.39, 0.29) is 0 Å². The van der Waals surface area contributed by atoms with Gasteiger partial charge in [0.1, 0.15) is 6.10 Å². The largest absolute Gasteiger partial charge is 0.386 e. The van der Waals surface area contributed by atoms with Gasteiger partial charge in [0.05, 0.1) is 12.7 Å². The molecule has 1 N–H and O–H groups in total. The summed E-state index contributed by atoms with van der Waals surface area (Å²) in [6, 6.07) is 7.98. The Balaban J connectivity index is 1.84. The van der Waals surface area contributed by atoms with Crippen LogP contribution in [0.5, 0.6) is 0 Å². The monoisotopic (exact) mass is 262 g/mol. The number of aliphatic hydroxyl groups excluding tert-OH is 1. The Morgan fingerprint density at radius 1 is 1.21 bits per heavy atom. The van der Waals surface area contributed by atoms with Crippen LogP contribution in [-0.4, -0.2) is 17.8 Å². The number of hydrogen-bond acceptors (Lipinski definition) is 2. The summed E-state index contributed by atoms with van der Waals surface area (Å²) in [6.45, 7) is 7.07. The minimum atomic E-state index is -0.504. The molecule has 1 aliphatic carbocycles. The fourth-order valence-electron chi connectivity index (χ4n) is 2.93. The van der Waals surface area contributed by atoms with Crippen molar-refractivity contribution in [1.82, 2.24) is 0 Å². The summed E-state index contributed by atoms with van der Waals surface area (Å²) in [6.07, 6.45) is 3.32. The van der Waals surface area contributed by atoms with E-state index in [1.807, 2.05) is 31.2 Å². The second kappa shape index (κ2) is 6.53. The van der Waals surface area contributed by atoms with Crippen LogP contribution in [0, 0.1) is 18.8 Å². The lowest BCUT2D eigenvalue weighted by molar-refractivity contribution is -0.0398. The van der Waals surface area contributed by atoms with E-state index in [4.69, 9.17) is 4.74 Å². The third kappa shape index (κ3) is 3.80. The molecule has 0 aromatic heterocycles. The maximum atomic E-state index is 10.2. The first-order valence-electron chi connectivity index (χ1n) is 7.43. The van der Waals surface area contributed by atoms with Gasteiger partial charge in [-0.1, -0.05) is 38.1 Å². The van der Waals surface area contributed by atoms with Gasteiger partial charge >= 0.3 is 0 Å². The number of aliphatic hydroxyl groups is 1. The number of ether oxygens (including phenoxy) is 1. The second-order valence-corrected chi connectivity index (χ2v) is 6.10. The van der Waals surface area contributed by atoms with Gasteiger partial charge in [0.25, 0.3) is 0 Å². The number of aryl methyl sites for hydroxylation is 1. The summed E-state index contributed by atoms with van der Waals surface area (Å²) in [5, 5.41) is 10.2. The predicted octanol–water partition coefficient (Wildman–Crippen LogP) is 3.87. The van der Waals surface area contributed by atoms with Crippen molar-refractivity contribution in [2.45, 2.75) is 52.2 Å². The second-order valence-electron chi connectivity index (χ2n) is 6.10. The summed E-state index contributed by atoms with van der Waals surface area (Å²) >= 11 is 0. The summed E-state index contributed by atoms with van der Waals surface area (Å²) in [7, 11) is 0. The van der Waals surface area contributed by atoms with Gasteiger partial charge in [0.15, 0.2) is 0 Å². The van der Waals surface area contributed by atoms with E-state index in [0.29, 0.717) is 12.7 Å². The maximum absolute atomic E-state index is 10.2. The van der Waals surface area contributed by atoms with Crippen molar-refractivity contribution < 1.29 is 9.84 Å². The van der Waals surface area contributed by atoms with Gasteiger partial charge in [-0.15, -0.1) is 0 Å². The maximum Gasteiger partial charge on any atom is 0.103 e. The Hall–Kier alpha value is -0.860. The van der Waals surface area contributed by atoms with Gasteiger partial charge in [0, 0.05) is 0 Å². The zero-order chi connectivity index (χ0) is 13.8. The number of hydrogen-bond donors (Lipinski definition) is 1. The predicted molar refractivity (Wildman–Crippen MR) is 78.1 cm³/mol. The lowest BCUT2D eigenvalue weighted by Crippen LogP contribution is -2.28. The van der Waals surface area contributed by atoms with Crippen LogP contribution in [-0.2, 0) is 4.74 Å². The molecule has 0 spiro atoms. The highest BCUT2D eigenvalue weighted by Crippen LogP contribution is 2.31. The van der Waals surface area contributed by atoms with E-state index in [1.165, 1.54) is 6.42 Å². The highest BCUT2D eigenvalue weighted by Gasteiger charge is 2.25. The number of rotatable bonds is 4. The van der Waals surface area contributed by atoms with Gasteiger partial charge in [-0.25, -0.2) is 0 Å². The summed E-state index contributed by atoms with van der Waals surface area (Å²) < 4.78 is 5.92. The van der Waals surface area contributed by atoms with E-state index < -0.39 is 6.10 Å². The SMILES string of the molecule is Cc1ccccc1C(O)COC1CCC(C)C(C)C1. The normalized spacial score (nSPS) is 29.2. The van der Waals surface area contributed by atoms with Crippen molar-refractivity contribution in [1.29, 1.82) is 0 Å². The first kappa shape index (κ1) is 14.5. The number of benzene rings is 1. The van der Waals surface area contributed by atoms with Crippen LogP contribution >= 0.6 is 0 Å². The molecule has 0 aliphatic heterocycles. The highest BCUT2D eigenvalue weighted by atomic mass is 16.5. The van der Waals surface area contributed by atoms with Crippen LogP contribution in [0.2, 0.25) is 0 Å². The zero-order valence-corrected chi connectivity index (χ0v) is 12.3.